The molecule has 0 fully saturated rings. The maximum absolute atomic E-state index is 9.21. The molecule has 0 aromatic carbocycles. The van der Waals surface area contributed by atoms with Crippen molar-refractivity contribution in [2.24, 2.45) is 0 Å². The molecule has 0 bridgehead atoms. The van der Waals surface area contributed by atoms with Crippen LogP contribution in [0.1, 0.15) is 25.7 Å². The third kappa shape index (κ3) is 2.08. The zero-order valence-corrected chi connectivity index (χ0v) is 6.32. The van der Waals surface area contributed by atoms with Gasteiger partial charge in [0.1, 0.15) is 0 Å². The second-order valence-corrected chi connectivity index (χ2v) is 2.60. The van der Waals surface area contributed by atoms with E-state index in [0.717, 1.165) is 31.0 Å². The van der Waals surface area contributed by atoms with Crippen LogP contribution in [-0.2, 0) is 0 Å². The third-order valence-corrected chi connectivity index (χ3v) is 1.80. The summed E-state index contributed by atoms with van der Waals surface area (Å²) in [5.74, 6) is 0.0900. The van der Waals surface area contributed by atoms with E-state index < -0.39 is 0 Å². The Morgan fingerprint density at radius 2 is 2.45 bits per heavy atom. The Morgan fingerprint density at radius 1 is 1.64 bits per heavy atom. The van der Waals surface area contributed by atoms with Gasteiger partial charge in [-0.2, -0.15) is 0 Å². The standard InChI is InChI=1S/C8H10N2O/c9-10-6-8(11)7-4-2-1-3-5-7/h4,6H,1-3,5H2/p+1/b8-6-. The molecule has 0 saturated heterocycles. The fourth-order valence-corrected chi connectivity index (χ4v) is 1.21. The van der Waals surface area contributed by atoms with E-state index in [1.165, 1.54) is 6.42 Å². The van der Waals surface area contributed by atoms with Crippen LogP contribution in [0, 0.1) is 5.39 Å². The van der Waals surface area contributed by atoms with Gasteiger partial charge in [0.05, 0.1) is 0 Å². The molecule has 0 aromatic rings. The lowest BCUT2D eigenvalue weighted by molar-refractivity contribution is 0.414. The van der Waals surface area contributed by atoms with E-state index in [0.29, 0.717) is 0 Å². The van der Waals surface area contributed by atoms with E-state index in [-0.39, 0.29) is 5.76 Å². The second kappa shape index (κ2) is 3.77. The minimum atomic E-state index is 0.0900. The van der Waals surface area contributed by atoms with Gasteiger partial charge in [-0.15, -0.1) is 0 Å². The van der Waals surface area contributed by atoms with Crippen LogP contribution in [0.5, 0.6) is 0 Å². The molecule has 1 aliphatic rings. The molecule has 0 unspecified atom stereocenters. The molecule has 0 saturated carbocycles. The second-order valence-electron chi connectivity index (χ2n) is 2.60. The maximum atomic E-state index is 9.21. The quantitative estimate of drug-likeness (QED) is 0.462. The van der Waals surface area contributed by atoms with Crippen LogP contribution in [0.4, 0.5) is 0 Å². The molecule has 3 heteroatoms. The van der Waals surface area contributed by atoms with Crippen molar-refractivity contribution in [1.82, 2.24) is 0 Å². The first-order valence-electron chi connectivity index (χ1n) is 3.77. The highest BCUT2D eigenvalue weighted by molar-refractivity contribution is 5.26. The van der Waals surface area contributed by atoms with Crippen molar-refractivity contribution >= 4 is 0 Å². The molecule has 1 aliphatic carbocycles. The number of aliphatic hydroxyl groups is 1. The minimum absolute atomic E-state index is 0.0900. The SMILES string of the molecule is N#[N+]/C=C(\O)C1=CCCCC1. The molecule has 0 amide bonds. The Balaban J connectivity index is 2.67. The Kier molecular flexibility index (Phi) is 2.67. The number of hydrogen-bond donors (Lipinski definition) is 1. The smallest absolute Gasteiger partial charge is 0.391 e. The molecule has 0 aromatic heterocycles. The molecule has 1 N–H and O–H groups in total. The summed E-state index contributed by atoms with van der Waals surface area (Å²) in [6, 6.07) is 0. The van der Waals surface area contributed by atoms with E-state index in [1.54, 1.807) is 0 Å². The first-order chi connectivity index (χ1) is 5.34. The van der Waals surface area contributed by atoms with Gasteiger partial charge in [-0.05, 0) is 31.3 Å². The number of aliphatic hydroxyl groups excluding tert-OH is 1. The Bertz CT molecular complexity index is 235. The first-order valence-corrected chi connectivity index (χ1v) is 3.77. The molecular formula is C8H11N2O+. The summed E-state index contributed by atoms with van der Waals surface area (Å²) in [6.07, 6.45) is 7.25. The molecule has 0 spiro atoms. The van der Waals surface area contributed by atoms with Gasteiger partial charge in [0.2, 0.25) is 11.2 Å². The number of rotatable bonds is 1. The summed E-state index contributed by atoms with van der Waals surface area (Å²) < 4.78 is 0. The Labute approximate surface area is 65.7 Å². The summed E-state index contributed by atoms with van der Waals surface area (Å²) in [4.78, 5) is 2.76. The monoisotopic (exact) mass is 151 g/mol. The van der Waals surface area contributed by atoms with E-state index in [2.05, 4.69) is 4.98 Å². The average molecular weight is 151 g/mol. The predicted octanol–water partition coefficient (Wildman–Crippen LogP) is 2.74. The fraction of sp³-hybridized carbons (Fsp3) is 0.500. The highest BCUT2D eigenvalue weighted by Crippen LogP contribution is 2.21. The van der Waals surface area contributed by atoms with Crippen molar-refractivity contribution in [2.75, 3.05) is 0 Å². The lowest BCUT2D eigenvalue weighted by atomic mass is 9.98. The van der Waals surface area contributed by atoms with Gasteiger partial charge in [0.15, 0.2) is 4.98 Å². The van der Waals surface area contributed by atoms with Crippen LogP contribution in [0.25, 0.3) is 4.98 Å². The molecule has 0 aliphatic heterocycles. The minimum Gasteiger partial charge on any atom is -0.502 e. The molecule has 3 nitrogen and oxygen atoms in total. The topological polar surface area (TPSA) is 48.4 Å². The number of diazo groups is 1. The molecule has 11 heavy (non-hydrogen) atoms. The molecule has 0 atom stereocenters. The zero-order chi connectivity index (χ0) is 8.10. The first kappa shape index (κ1) is 7.80. The van der Waals surface area contributed by atoms with Crippen molar-refractivity contribution in [3.8, 4) is 0 Å². The van der Waals surface area contributed by atoms with Gasteiger partial charge in [-0.1, -0.05) is 6.08 Å². The maximum Gasteiger partial charge on any atom is 0.391 e. The lowest BCUT2D eigenvalue weighted by Gasteiger charge is -2.08. The summed E-state index contributed by atoms with van der Waals surface area (Å²) >= 11 is 0. The summed E-state index contributed by atoms with van der Waals surface area (Å²) in [6.45, 7) is 0. The van der Waals surface area contributed by atoms with Gasteiger partial charge in [0.25, 0.3) is 0 Å². The fourth-order valence-electron chi connectivity index (χ4n) is 1.21. The predicted molar refractivity (Wildman–Crippen MR) is 42.3 cm³/mol. The van der Waals surface area contributed by atoms with Crippen LogP contribution >= 0.6 is 0 Å². The molecule has 58 valence electrons. The highest BCUT2D eigenvalue weighted by Gasteiger charge is 2.10. The number of allylic oxidation sites excluding steroid dienone is 2. The van der Waals surface area contributed by atoms with Gasteiger partial charge in [0, 0.05) is 0 Å². The van der Waals surface area contributed by atoms with Gasteiger partial charge in [-0.25, -0.2) is 0 Å². The molecular weight excluding hydrogens is 140 g/mol. The lowest BCUT2D eigenvalue weighted by Crippen LogP contribution is -1.94. The number of hydrogen-bond acceptors (Lipinski definition) is 2. The average Bonchev–Trinajstić information content (AvgIpc) is 2.07. The Hall–Kier alpha value is -1.30. The van der Waals surface area contributed by atoms with Crippen LogP contribution in [0.3, 0.4) is 0 Å². The molecule has 0 heterocycles. The number of nitrogens with zero attached hydrogens (tertiary/aromatic N) is 2. The van der Waals surface area contributed by atoms with Gasteiger partial charge >= 0.3 is 6.20 Å². The normalized spacial score (nSPS) is 18.8. The van der Waals surface area contributed by atoms with E-state index in [9.17, 15) is 5.11 Å². The van der Waals surface area contributed by atoms with Crippen molar-refractivity contribution in [3.05, 3.63) is 28.6 Å². The third-order valence-electron chi connectivity index (χ3n) is 1.80. The van der Waals surface area contributed by atoms with Crippen LogP contribution in [0.2, 0.25) is 0 Å². The van der Waals surface area contributed by atoms with Crippen molar-refractivity contribution in [3.63, 3.8) is 0 Å². The van der Waals surface area contributed by atoms with Crippen molar-refractivity contribution in [1.29, 1.82) is 5.39 Å². The van der Waals surface area contributed by atoms with Crippen LogP contribution < -0.4 is 0 Å². The van der Waals surface area contributed by atoms with Gasteiger partial charge in [-0.3, -0.25) is 0 Å². The van der Waals surface area contributed by atoms with Crippen LogP contribution in [0.15, 0.2) is 23.6 Å². The summed E-state index contributed by atoms with van der Waals surface area (Å²) in [5.41, 5.74) is 0.897. The van der Waals surface area contributed by atoms with Crippen LogP contribution in [-0.4, -0.2) is 5.11 Å². The van der Waals surface area contributed by atoms with Crippen molar-refractivity contribution < 1.29 is 5.11 Å². The van der Waals surface area contributed by atoms with E-state index >= 15 is 0 Å². The highest BCUT2D eigenvalue weighted by atomic mass is 16.3. The Morgan fingerprint density at radius 3 is 3.00 bits per heavy atom. The largest absolute Gasteiger partial charge is 0.502 e. The summed E-state index contributed by atoms with van der Waals surface area (Å²) in [5, 5.41) is 17.3. The van der Waals surface area contributed by atoms with Gasteiger partial charge < -0.3 is 5.11 Å². The van der Waals surface area contributed by atoms with E-state index in [1.807, 2.05) is 6.08 Å². The molecule has 1 rings (SSSR count). The molecule has 0 radical (unpaired) electrons. The zero-order valence-electron chi connectivity index (χ0n) is 6.32. The van der Waals surface area contributed by atoms with Crippen molar-refractivity contribution in [2.45, 2.75) is 25.7 Å². The van der Waals surface area contributed by atoms with E-state index in [4.69, 9.17) is 5.39 Å². The summed E-state index contributed by atoms with van der Waals surface area (Å²) in [7, 11) is 0.